The molecule has 4 heterocycles. The van der Waals surface area contributed by atoms with Crippen LogP contribution in [0, 0.1) is 0 Å². The van der Waals surface area contributed by atoms with E-state index in [4.69, 9.17) is 12.8 Å². The zero-order chi connectivity index (χ0) is 31.2. The minimum atomic E-state index is 0.323. The summed E-state index contributed by atoms with van der Waals surface area (Å²) in [5.74, 6) is 0. The molecule has 0 N–H and O–H groups in total. The Balaban J connectivity index is 0.963. The Morgan fingerprint density at radius 2 is 1.37 bits per heavy atom. The van der Waals surface area contributed by atoms with Gasteiger partial charge in [-0.1, -0.05) is 59.5 Å². The first-order valence-corrected chi connectivity index (χ1v) is 18.2. The Hall–Kier alpha value is -3.29. The summed E-state index contributed by atoms with van der Waals surface area (Å²) in [7, 11) is 8.34. The van der Waals surface area contributed by atoms with E-state index < -0.39 is 0 Å². The molecule has 6 aromatic rings. The highest BCUT2D eigenvalue weighted by atomic mass is 32.1. The second-order valence-corrected chi connectivity index (χ2v) is 15.0. The van der Waals surface area contributed by atoms with Crippen molar-refractivity contribution in [2.24, 2.45) is 0 Å². The molecular formula is C38H37B2N4S2. The lowest BCUT2D eigenvalue weighted by Gasteiger charge is -2.28. The number of thiazole rings is 2. The molecule has 0 saturated heterocycles. The molecule has 8 heteroatoms. The number of aromatic nitrogens is 2. The molecule has 4 nitrogen and oxygen atoms in total. The maximum absolute atomic E-state index is 6.08. The van der Waals surface area contributed by atoms with Crippen molar-refractivity contribution in [2.75, 3.05) is 13.1 Å². The molecule has 0 saturated carbocycles. The maximum Gasteiger partial charge on any atom is 0.231 e. The summed E-state index contributed by atoms with van der Waals surface area (Å²) >= 11 is 3.49. The lowest BCUT2D eigenvalue weighted by molar-refractivity contribution is 0.205. The molecule has 0 aliphatic carbocycles. The van der Waals surface area contributed by atoms with Crippen LogP contribution in [0.4, 0.5) is 0 Å². The van der Waals surface area contributed by atoms with Crippen LogP contribution in [0.2, 0.25) is 0 Å². The molecule has 0 bridgehead atoms. The van der Waals surface area contributed by atoms with Crippen LogP contribution in [0.15, 0.2) is 78.3 Å². The van der Waals surface area contributed by atoms with Gasteiger partial charge < -0.3 is 0 Å². The summed E-state index contributed by atoms with van der Waals surface area (Å²) in [5.41, 5.74) is 14.7. The largest absolute Gasteiger partial charge is 0.292 e. The van der Waals surface area contributed by atoms with Crippen LogP contribution in [0.1, 0.15) is 72.2 Å². The van der Waals surface area contributed by atoms with E-state index in [2.05, 4.69) is 103 Å². The SMILES string of the molecule is [B]c1ccc2c(c1)CCCN([C@H](C)c1ccc3sc([B]c4ccc5c(c4)CCCN([C@@H](C)c4ccc6scnc6c4)C5)nc3c1)C2. The lowest BCUT2D eigenvalue weighted by Crippen LogP contribution is -2.28. The minimum Gasteiger partial charge on any atom is -0.292 e. The van der Waals surface area contributed by atoms with E-state index in [1.54, 1.807) is 22.7 Å². The Kier molecular flexibility index (Phi) is 8.32. The average Bonchev–Trinajstić information content (AvgIpc) is 3.57. The van der Waals surface area contributed by atoms with Gasteiger partial charge in [-0.05, 0) is 110 Å². The molecule has 8 rings (SSSR count). The van der Waals surface area contributed by atoms with Crippen molar-refractivity contribution in [1.82, 2.24) is 19.8 Å². The van der Waals surface area contributed by atoms with Crippen molar-refractivity contribution in [3.05, 3.63) is 112 Å². The summed E-state index contributed by atoms with van der Waals surface area (Å²) in [6, 6.07) is 27.8. The summed E-state index contributed by atoms with van der Waals surface area (Å²) in [6.07, 6.45) is 4.53. The van der Waals surface area contributed by atoms with Crippen LogP contribution in [0.3, 0.4) is 0 Å². The molecule has 2 aliphatic heterocycles. The highest BCUT2D eigenvalue weighted by molar-refractivity contribution is 7.27. The molecule has 0 fully saturated rings. The fraction of sp³-hybridized carbons (Fsp3) is 0.316. The zero-order valence-electron chi connectivity index (χ0n) is 26.6. The number of fused-ring (bicyclic) bond motifs is 4. The van der Waals surface area contributed by atoms with Gasteiger partial charge in [0.1, 0.15) is 7.85 Å². The van der Waals surface area contributed by atoms with Crippen LogP contribution in [0.5, 0.6) is 0 Å². The van der Waals surface area contributed by atoms with Crippen molar-refractivity contribution >= 4 is 74.1 Å². The van der Waals surface area contributed by atoms with Crippen LogP contribution in [-0.2, 0) is 25.9 Å². The summed E-state index contributed by atoms with van der Waals surface area (Å²) in [4.78, 5) is 15.9. The number of benzene rings is 4. The number of hydrogen-bond acceptors (Lipinski definition) is 6. The van der Waals surface area contributed by atoms with Crippen LogP contribution >= 0.6 is 22.7 Å². The minimum absolute atomic E-state index is 0.323. The smallest absolute Gasteiger partial charge is 0.231 e. The topological polar surface area (TPSA) is 32.3 Å². The molecule has 4 aromatic carbocycles. The molecule has 0 unspecified atom stereocenters. The predicted octanol–water partition coefficient (Wildman–Crippen LogP) is 6.37. The molecule has 0 amide bonds. The predicted molar refractivity (Wildman–Crippen MR) is 197 cm³/mol. The molecule has 227 valence electrons. The fourth-order valence-electron chi connectivity index (χ4n) is 7.34. The van der Waals surface area contributed by atoms with Gasteiger partial charge in [0.25, 0.3) is 0 Å². The molecule has 2 aliphatic rings. The van der Waals surface area contributed by atoms with E-state index in [0.29, 0.717) is 12.1 Å². The third kappa shape index (κ3) is 6.09. The third-order valence-corrected chi connectivity index (χ3v) is 11.9. The van der Waals surface area contributed by atoms with E-state index in [0.717, 1.165) is 66.8 Å². The van der Waals surface area contributed by atoms with Crippen LogP contribution < -0.4 is 15.8 Å². The van der Waals surface area contributed by atoms with E-state index in [-0.39, 0.29) is 0 Å². The number of aryl methyl sites for hydroxylation is 2. The quantitative estimate of drug-likeness (QED) is 0.199. The van der Waals surface area contributed by atoms with Gasteiger partial charge in [-0.15, -0.1) is 22.7 Å². The van der Waals surface area contributed by atoms with Gasteiger partial charge in [0.2, 0.25) is 7.28 Å². The molecule has 2 atom stereocenters. The maximum atomic E-state index is 6.08. The second kappa shape index (κ2) is 12.7. The Morgan fingerprint density at radius 1 is 0.717 bits per heavy atom. The molecule has 0 spiro atoms. The summed E-state index contributed by atoms with van der Waals surface area (Å²) in [6.45, 7) is 8.79. The number of hydrogen-bond donors (Lipinski definition) is 0. The third-order valence-electron chi connectivity index (χ3n) is 10.1. The van der Waals surface area contributed by atoms with E-state index in [1.165, 1.54) is 54.7 Å². The molecule has 2 aromatic heterocycles. The van der Waals surface area contributed by atoms with Gasteiger partial charge in [0, 0.05) is 25.2 Å². The number of nitrogens with zero attached hydrogens (tertiary/aromatic N) is 4. The summed E-state index contributed by atoms with van der Waals surface area (Å²) in [5, 5.41) is 0. The first-order valence-electron chi connectivity index (χ1n) is 16.5. The normalized spacial score (nSPS) is 17.3. The standard InChI is InChI=1S/C38H37B2N4S2/c1-24(26-9-13-36-34(19-26)41-23-45-36)44-16-4-6-29-18-33(12-8-31(29)22-44)40-38-42-35-20-27(10-14-37(35)46-38)25(2)43-15-3-5-28-17-32(39)11-7-30(28)21-43/h7-14,17-20,23-25H,3-6,15-16,21-22H2,1-2H3/t24-,25+/m0/s1. The highest BCUT2D eigenvalue weighted by Gasteiger charge is 2.23. The van der Waals surface area contributed by atoms with Crippen molar-refractivity contribution in [3.63, 3.8) is 0 Å². The van der Waals surface area contributed by atoms with Gasteiger partial charge in [0.15, 0.2) is 0 Å². The zero-order valence-corrected chi connectivity index (χ0v) is 28.2. The van der Waals surface area contributed by atoms with Crippen molar-refractivity contribution in [3.8, 4) is 0 Å². The fourth-order valence-corrected chi connectivity index (χ4v) is 8.91. The van der Waals surface area contributed by atoms with E-state index in [1.807, 2.05) is 11.6 Å². The monoisotopic (exact) mass is 635 g/mol. The van der Waals surface area contributed by atoms with Gasteiger partial charge in [0.05, 0.1) is 30.9 Å². The first-order chi connectivity index (χ1) is 22.5. The van der Waals surface area contributed by atoms with Crippen molar-refractivity contribution in [1.29, 1.82) is 0 Å². The van der Waals surface area contributed by atoms with Gasteiger partial charge in [-0.3, -0.25) is 14.8 Å². The summed E-state index contributed by atoms with van der Waals surface area (Å²) < 4.78 is 2.50. The average molecular weight is 636 g/mol. The van der Waals surface area contributed by atoms with Gasteiger partial charge in [-0.2, -0.15) is 0 Å². The van der Waals surface area contributed by atoms with E-state index in [9.17, 15) is 0 Å². The lowest BCUT2D eigenvalue weighted by atomic mass is 9.70. The molecule has 46 heavy (non-hydrogen) atoms. The molecule has 3 radical (unpaired) electrons. The molecular weight excluding hydrogens is 598 g/mol. The Morgan fingerprint density at radius 3 is 2.11 bits per heavy atom. The number of rotatable bonds is 6. The van der Waals surface area contributed by atoms with E-state index >= 15 is 0 Å². The van der Waals surface area contributed by atoms with Crippen molar-refractivity contribution < 1.29 is 0 Å². The van der Waals surface area contributed by atoms with Crippen molar-refractivity contribution in [2.45, 2.75) is 64.7 Å². The van der Waals surface area contributed by atoms with Crippen LogP contribution in [0.25, 0.3) is 20.4 Å². The Labute approximate surface area is 282 Å². The van der Waals surface area contributed by atoms with Crippen LogP contribution in [-0.4, -0.2) is 48.0 Å². The first kappa shape index (κ1) is 30.1. The van der Waals surface area contributed by atoms with Gasteiger partial charge >= 0.3 is 0 Å². The second-order valence-electron chi connectivity index (χ2n) is 13.1. The van der Waals surface area contributed by atoms with Gasteiger partial charge in [-0.25, -0.2) is 4.98 Å². The highest BCUT2D eigenvalue weighted by Crippen LogP contribution is 2.31. The Bertz CT molecular complexity index is 2030.